The van der Waals surface area contributed by atoms with E-state index in [0.717, 1.165) is 5.92 Å². The highest BCUT2D eigenvalue weighted by molar-refractivity contribution is 5.25. The molecule has 2 heteroatoms. The molecule has 0 aromatic heterocycles. The zero-order chi connectivity index (χ0) is 9.97. The Kier molecular flexibility index (Phi) is 2.85. The molecular weight excluding hydrogens is 172 g/mol. The SMILES string of the molecule is Cc1cccc(C(NN)C2CCC2)c1. The molecule has 0 spiro atoms. The minimum absolute atomic E-state index is 0.351. The number of nitrogens with one attached hydrogen (secondary N) is 1. The van der Waals surface area contributed by atoms with Gasteiger partial charge >= 0.3 is 0 Å². The van der Waals surface area contributed by atoms with Gasteiger partial charge in [-0.05, 0) is 31.2 Å². The molecule has 1 saturated carbocycles. The number of hydrogen-bond acceptors (Lipinski definition) is 2. The molecular formula is C12H18N2. The molecule has 76 valence electrons. The third-order valence-corrected chi connectivity index (χ3v) is 3.20. The van der Waals surface area contributed by atoms with Crippen LogP contribution < -0.4 is 11.3 Å². The fourth-order valence-corrected chi connectivity index (χ4v) is 2.14. The van der Waals surface area contributed by atoms with Gasteiger partial charge in [0.2, 0.25) is 0 Å². The number of aryl methyl sites for hydroxylation is 1. The lowest BCUT2D eigenvalue weighted by molar-refractivity contribution is 0.232. The Bertz CT molecular complexity index is 305. The van der Waals surface area contributed by atoms with Gasteiger partial charge in [-0.15, -0.1) is 0 Å². The molecule has 0 radical (unpaired) electrons. The van der Waals surface area contributed by atoms with E-state index in [0.29, 0.717) is 6.04 Å². The Morgan fingerprint density at radius 3 is 2.71 bits per heavy atom. The van der Waals surface area contributed by atoms with Gasteiger partial charge in [-0.2, -0.15) is 0 Å². The minimum Gasteiger partial charge on any atom is -0.271 e. The highest BCUT2D eigenvalue weighted by atomic mass is 15.2. The van der Waals surface area contributed by atoms with Crippen LogP contribution in [0.4, 0.5) is 0 Å². The highest BCUT2D eigenvalue weighted by Gasteiger charge is 2.27. The van der Waals surface area contributed by atoms with Crippen LogP contribution in [-0.2, 0) is 0 Å². The molecule has 2 nitrogen and oxygen atoms in total. The van der Waals surface area contributed by atoms with E-state index >= 15 is 0 Å². The summed E-state index contributed by atoms with van der Waals surface area (Å²) in [4.78, 5) is 0. The van der Waals surface area contributed by atoms with E-state index in [4.69, 9.17) is 5.84 Å². The molecule has 3 N–H and O–H groups in total. The van der Waals surface area contributed by atoms with Crippen molar-refractivity contribution < 1.29 is 0 Å². The van der Waals surface area contributed by atoms with E-state index in [1.54, 1.807) is 0 Å². The molecule has 1 aliphatic rings. The molecule has 2 rings (SSSR count). The van der Waals surface area contributed by atoms with Crippen LogP contribution in [0.15, 0.2) is 24.3 Å². The number of rotatable bonds is 3. The highest BCUT2D eigenvalue weighted by Crippen LogP contribution is 2.37. The smallest absolute Gasteiger partial charge is 0.0488 e. The first-order valence-corrected chi connectivity index (χ1v) is 5.34. The first-order chi connectivity index (χ1) is 6.81. The Labute approximate surface area is 85.5 Å². The lowest BCUT2D eigenvalue weighted by Gasteiger charge is -2.33. The van der Waals surface area contributed by atoms with Crippen molar-refractivity contribution in [1.29, 1.82) is 0 Å². The van der Waals surface area contributed by atoms with E-state index < -0.39 is 0 Å². The zero-order valence-electron chi connectivity index (χ0n) is 8.66. The van der Waals surface area contributed by atoms with Crippen LogP contribution in [0, 0.1) is 12.8 Å². The summed E-state index contributed by atoms with van der Waals surface area (Å²) in [5.74, 6) is 6.35. The van der Waals surface area contributed by atoms with Crippen molar-refractivity contribution in [2.45, 2.75) is 32.2 Å². The predicted molar refractivity (Wildman–Crippen MR) is 58.6 cm³/mol. The maximum absolute atomic E-state index is 5.62. The summed E-state index contributed by atoms with van der Waals surface area (Å²) in [5, 5.41) is 0. The predicted octanol–water partition coefficient (Wildman–Crippen LogP) is 2.30. The average molecular weight is 190 g/mol. The second-order valence-electron chi connectivity index (χ2n) is 4.25. The topological polar surface area (TPSA) is 38.0 Å². The molecule has 1 aromatic carbocycles. The monoisotopic (exact) mass is 190 g/mol. The summed E-state index contributed by atoms with van der Waals surface area (Å²) in [5.41, 5.74) is 5.59. The maximum atomic E-state index is 5.62. The van der Waals surface area contributed by atoms with Gasteiger partial charge in [-0.3, -0.25) is 11.3 Å². The molecule has 0 amide bonds. The Morgan fingerprint density at radius 2 is 2.21 bits per heavy atom. The van der Waals surface area contributed by atoms with Gasteiger partial charge in [0.25, 0.3) is 0 Å². The normalized spacial score (nSPS) is 19.0. The lowest BCUT2D eigenvalue weighted by Crippen LogP contribution is -2.36. The van der Waals surface area contributed by atoms with Crippen molar-refractivity contribution in [3.8, 4) is 0 Å². The van der Waals surface area contributed by atoms with E-state index in [-0.39, 0.29) is 0 Å². The molecule has 0 heterocycles. The van der Waals surface area contributed by atoms with Crippen LogP contribution in [0.25, 0.3) is 0 Å². The summed E-state index contributed by atoms with van der Waals surface area (Å²) in [7, 11) is 0. The van der Waals surface area contributed by atoms with Gasteiger partial charge < -0.3 is 0 Å². The fourth-order valence-electron chi connectivity index (χ4n) is 2.14. The van der Waals surface area contributed by atoms with Crippen molar-refractivity contribution in [1.82, 2.24) is 5.43 Å². The minimum atomic E-state index is 0.351. The summed E-state index contributed by atoms with van der Waals surface area (Å²) >= 11 is 0. The number of nitrogens with two attached hydrogens (primary N) is 1. The Morgan fingerprint density at radius 1 is 1.43 bits per heavy atom. The second kappa shape index (κ2) is 4.11. The third kappa shape index (κ3) is 1.81. The fraction of sp³-hybridized carbons (Fsp3) is 0.500. The molecule has 14 heavy (non-hydrogen) atoms. The third-order valence-electron chi connectivity index (χ3n) is 3.20. The standard InChI is InChI=1S/C12H18N2/c1-9-4-2-7-11(8-9)12(14-13)10-5-3-6-10/h2,4,7-8,10,12,14H,3,5-6,13H2,1H3. The van der Waals surface area contributed by atoms with E-state index in [9.17, 15) is 0 Å². The molecule has 1 atom stereocenters. The summed E-state index contributed by atoms with van der Waals surface area (Å²) < 4.78 is 0. The first kappa shape index (κ1) is 9.69. The van der Waals surface area contributed by atoms with Crippen LogP contribution in [0.2, 0.25) is 0 Å². The quantitative estimate of drug-likeness (QED) is 0.567. The van der Waals surface area contributed by atoms with Gasteiger partial charge in [0.1, 0.15) is 0 Å². The Hall–Kier alpha value is -0.860. The van der Waals surface area contributed by atoms with Crippen molar-refractivity contribution >= 4 is 0 Å². The van der Waals surface area contributed by atoms with Crippen LogP contribution >= 0.6 is 0 Å². The molecule has 1 aromatic rings. The van der Waals surface area contributed by atoms with Gasteiger partial charge in [-0.25, -0.2) is 0 Å². The first-order valence-electron chi connectivity index (χ1n) is 5.34. The van der Waals surface area contributed by atoms with Gasteiger partial charge in [-0.1, -0.05) is 36.2 Å². The van der Waals surface area contributed by atoms with E-state index in [1.165, 1.54) is 30.4 Å². The van der Waals surface area contributed by atoms with Crippen LogP contribution in [0.5, 0.6) is 0 Å². The Balaban J connectivity index is 2.17. The molecule has 0 aliphatic heterocycles. The van der Waals surface area contributed by atoms with E-state index in [1.807, 2.05) is 0 Å². The van der Waals surface area contributed by atoms with Crippen molar-refractivity contribution in [2.24, 2.45) is 11.8 Å². The van der Waals surface area contributed by atoms with Crippen LogP contribution in [0.3, 0.4) is 0 Å². The molecule has 1 aliphatic carbocycles. The number of hydrogen-bond donors (Lipinski definition) is 2. The van der Waals surface area contributed by atoms with Crippen molar-refractivity contribution in [3.05, 3.63) is 35.4 Å². The van der Waals surface area contributed by atoms with E-state index in [2.05, 4.69) is 36.6 Å². The van der Waals surface area contributed by atoms with Crippen LogP contribution in [0.1, 0.15) is 36.4 Å². The molecule has 1 unspecified atom stereocenters. The molecule has 1 fully saturated rings. The number of benzene rings is 1. The summed E-state index contributed by atoms with van der Waals surface area (Å²) in [6.45, 7) is 2.12. The van der Waals surface area contributed by atoms with Gasteiger partial charge in [0.15, 0.2) is 0 Å². The van der Waals surface area contributed by atoms with Crippen LogP contribution in [-0.4, -0.2) is 0 Å². The van der Waals surface area contributed by atoms with Gasteiger partial charge in [0, 0.05) is 6.04 Å². The number of hydrazine groups is 1. The lowest BCUT2D eigenvalue weighted by atomic mass is 9.77. The largest absolute Gasteiger partial charge is 0.271 e. The summed E-state index contributed by atoms with van der Waals surface area (Å²) in [6, 6.07) is 8.97. The van der Waals surface area contributed by atoms with Crippen molar-refractivity contribution in [2.75, 3.05) is 0 Å². The second-order valence-corrected chi connectivity index (χ2v) is 4.25. The zero-order valence-corrected chi connectivity index (χ0v) is 8.66. The molecule has 0 bridgehead atoms. The molecule has 0 saturated heterocycles. The summed E-state index contributed by atoms with van der Waals surface area (Å²) in [6.07, 6.45) is 3.97. The average Bonchev–Trinajstić information content (AvgIpc) is 2.10. The maximum Gasteiger partial charge on any atom is 0.0488 e. The van der Waals surface area contributed by atoms with Crippen molar-refractivity contribution in [3.63, 3.8) is 0 Å². The van der Waals surface area contributed by atoms with Gasteiger partial charge in [0.05, 0.1) is 0 Å².